The van der Waals surface area contributed by atoms with Crippen LogP contribution in [0, 0.1) is 4.91 Å². The zero-order chi connectivity index (χ0) is 7.56. The predicted octanol–water partition coefficient (Wildman–Crippen LogP) is 2.90. The molecule has 0 aliphatic rings. The number of nitrogens with zero attached hydrogens (tertiary/aromatic N) is 2. The van der Waals surface area contributed by atoms with Crippen LogP contribution in [0.5, 0.6) is 0 Å². The third-order valence-electron chi connectivity index (χ3n) is 0.887. The molecule has 5 heteroatoms. The molecule has 0 unspecified atom stereocenters. The van der Waals surface area contributed by atoms with Crippen LogP contribution in [0.4, 0.5) is 5.69 Å². The van der Waals surface area contributed by atoms with E-state index in [2.05, 4.69) is 26.1 Å². The highest BCUT2D eigenvalue weighted by Crippen LogP contribution is 2.23. The molecule has 52 valence electrons. The zero-order valence-corrected chi connectivity index (χ0v) is 7.06. The van der Waals surface area contributed by atoms with Crippen LogP contribution in [0.2, 0.25) is 5.15 Å². The average molecular weight is 221 g/mol. The third-order valence-corrected chi connectivity index (χ3v) is 2.02. The lowest BCUT2D eigenvalue weighted by Gasteiger charge is -1.92. The van der Waals surface area contributed by atoms with Gasteiger partial charge in [-0.2, -0.15) is 0 Å². The fourth-order valence-corrected chi connectivity index (χ4v) is 0.901. The molecule has 1 rings (SSSR count). The Morgan fingerprint density at radius 1 is 1.70 bits per heavy atom. The first-order chi connectivity index (χ1) is 4.74. The van der Waals surface area contributed by atoms with Gasteiger partial charge in [-0.3, -0.25) is 0 Å². The molecule has 0 aromatic carbocycles. The van der Waals surface area contributed by atoms with E-state index in [1.54, 1.807) is 0 Å². The summed E-state index contributed by atoms with van der Waals surface area (Å²) in [5.41, 5.74) is 0.260. The van der Waals surface area contributed by atoms with Crippen LogP contribution in [0.25, 0.3) is 0 Å². The number of halogens is 2. The Bertz CT molecular complexity index is 266. The molecule has 0 amide bonds. The van der Waals surface area contributed by atoms with Gasteiger partial charge in [-0.05, 0) is 27.2 Å². The van der Waals surface area contributed by atoms with Crippen molar-refractivity contribution in [2.75, 3.05) is 0 Å². The maximum absolute atomic E-state index is 9.92. The first kappa shape index (κ1) is 7.63. The molecule has 0 atom stereocenters. The molecule has 0 radical (unpaired) electrons. The molecule has 0 aliphatic heterocycles. The highest BCUT2D eigenvalue weighted by atomic mass is 79.9. The topological polar surface area (TPSA) is 42.3 Å². The van der Waals surface area contributed by atoms with E-state index in [0.717, 1.165) is 0 Å². The number of pyridine rings is 1. The van der Waals surface area contributed by atoms with Gasteiger partial charge in [-0.1, -0.05) is 11.6 Å². The van der Waals surface area contributed by atoms with Crippen molar-refractivity contribution in [3.05, 3.63) is 26.8 Å². The van der Waals surface area contributed by atoms with Crippen molar-refractivity contribution in [3.8, 4) is 0 Å². The van der Waals surface area contributed by atoms with E-state index < -0.39 is 0 Å². The van der Waals surface area contributed by atoms with Crippen LogP contribution >= 0.6 is 27.5 Å². The van der Waals surface area contributed by atoms with Crippen LogP contribution in [0.1, 0.15) is 0 Å². The molecular formula is C5H2BrClN2O. The summed E-state index contributed by atoms with van der Waals surface area (Å²) >= 11 is 8.63. The van der Waals surface area contributed by atoms with Gasteiger partial charge in [0.2, 0.25) is 0 Å². The molecule has 10 heavy (non-hydrogen) atoms. The van der Waals surface area contributed by atoms with Crippen molar-refractivity contribution in [2.45, 2.75) is 0 Å². The van der Waals surface area contributed by atoms with Crippen LogP contribution in [-0.4, -0.2) is 4.98 Å². The van der Waals surface area contributed by atoms with Gasteiger partial charge in [0.05, 0.1) is 10.7 Å². The molecule has 1 aromatic heterocycles. The van der Waals surface area contributed by atoms with E-state index >= 15 is 0 Å². The van der Waals surface area contributed by atoms with Crippen molar-refractivity contribution in [1.82, 2.24) is 4.98 Å². The second kappa shape index (κ2) is 3.07. The van der Waals surface area contributed by atoms with Gasteiger partial charge < -0.3 is 0 Å². The lowest BCUT2D eigenvalue weighted by Crippen LogP contribution is -1.74. The van der Waals surface area contributed by atoms with Gasteiger partial charge in [0.25, 0.3) is 0 Å². The number of rotatable bonds is 1. The molecule has 1 aromatic rings. The quantitative estimate of drug-likeness (QED) is 0.540. The maximum Gasteiger partial charge on any atom is 0.143 e. The predicted molar refractivity (Wildman–Crippen MR) is 42.4 cm³/mol. The summed E-state index contributed by atoms with van der Waals surface area (Å²) in [6.07, 6.45) is 1.31. The van der Waals surface area contributed by atoms with Crippen molar-refractivity contribution in [1.29, 1.82) is 0 Å². The SMILES string of the molecule is O=Nc1cnc(Cl)c(Br)c1. The molecule has 0 saturated heterocycles. The van der Waals surface area contributed by atoms with Gasteiger partial charge in [-0.15, -0.1) is 4.91 Å². The highest BCUT2D eigenvalue weighted by molar-refractivity contribution is 9.10. The van der Waals surface area contributed by atoms with Crippen LogP contribution < -0.4 is 0 Å². The second-order valence-electron chi connectivity index (χ2n) is 1.56. The van der Waals surface area contributed by atoms with Crippen LogP contribution in [0.15, 0.2) is 21.9 Å². The van der Waals surface area contributed by atoms with Gasteiger partial charge in [0, 0.05) is 0 Å². The van der Waals surface area contributed by atoms with Gasteiger partial charge in [0.15, 0.2) is 0 Å². The molecule has 0 fully saturated rings. The fraction of sp³-hybridized carbons (Fsp3) is 0. The maximum atomic E-state index is 9.92. The molecular weight excluding hydrogens is 219 g/mol. The fourth-order valence-electron chi connectivity index (χ4n) is 0.461. The summed E-state index contributed by atoms with van der Waals surface area (Å²) in [4.78, 5) is 13.6. The Labute approximate surface area is 70.5 Å². The molecule has 3 nitrogen and oxygen atoms in total. The lowest BCUT2D eigenvalue weighted by molar-refractivity contribution is 1.28. The van der Waals surface area contributed by atoms with E-state index in [0.29, 0.717) is 9.63 Å². The minimum absolute atomic E-state index is 0.260. The average Bonchev–Trinajstić information content (AvgIpc) is 1.95. The normalized spacial score (nSPS) is 9.40. The Hall–Kier alpha value is -0.480. The second-order valence-corrected chi connectivity index (χ2v) is 2.77. The summed E-state index contributed by atoms with van der Waals surface area (Å²) in [5, 5.41) is 3.00. The molecule has 1 heterocycles. The minimum Gasteiger partial charge on any atom is -0.241 e. The van der Waals surface area contributed by atoms with Gasteiger partial charge in [0.1, 0.15) is 10.8 Å². The zero-order valence-electron chi connectivity index (χ0n) is 4.71. The summed E-state index contributed by atoms with van der Waals surface area (Å²) in [5.74, 6) is 0. The molecule has 0 saturated carbocycles. The van der Waals surface area contributed by atoms with Crippen LogP contribution in [-0.2, 0) is 0 Å². The number of hydrogen-bond donors (Lipinski definition) is 0. The minimum atomic E-state index is 0.260. The van der Waals surface area contributed by atoms with Crippen molar-refractivity contribution >= 4 is 33.2 Å². The van der Waals surface area contributed by atoms with E-state index in [-0.39, 0.29) is 5.69 Å². The number of aromatic nitrogens is 1. The summed E-state index contributed by atoms with van der Waals surface area (Å²) < 4.78 is 0.575. The first-order valence-electron chi connectivity index (χ1n) is 2.38. The van der Waals surface area contributed by atoms with E-state index in [4.69, 9.17) is 11.6 Å². The van der Waals surface area contributed by atoms with E-state index in [9.17, 15) is 4.91 Å². The standard InChI is InChI=1S/C5H2BrClN2O/c6-4-1-3(9-10)2-8-5(4)7/h1-2H. The molecule has 0 spiro atoms. The van der Waals surface area contributed by atoms with Crippen molar-refractivity contribution < 1.29 is 0 Å². The lowest BCUT2D eigenvalue weighted by atomic mass is 10.4. The molecule has 0 bridgehead atoms. The highest BCUT2D eigenvalue weighted by Gasteiger charge is 1.98. The molecule has 0 N–H and O–H groups in total. The Kier molecular flexibility index (Phi) is 2.34. The Morgan fingerprint density at radius 2 is 2.40 bits per heavy atom. The smallest absolute Gasteiger partial charge is 0.143 e. The van der Waals surface area contributed by atoms with Crippen molar-refractivity contribution in [2.24, 2.45) is 5.18 Å². The van der Waals surface area contributed by atoms with Crippen molar-refractivity contribution in [3.63, 3.8) is 0 Å². The number of hydrogen-bond acceptors (Lipinski definition) is 3. The largest absolute Gasteiger partial charge is 0.241 e. The third kappa shape index (κ3) is 1.52. The Morgan fingerprint density at radius 3 is 2.90 bits per heavy atom. The van der Waals surface area contributed by atoms with Gasteiger partial charge >= 0.3 is 0 Å². The first-order valence-corrected chi connectivity index (χ1v) is 3.55. The van der Waals surface area contributed by atoms with Crippen LogP contribution in [0.3, 0.4) is 0 Å². The summed E-state index contributed by atoms with van der Waals surface area (Å²) in [7, 11) is 0. The van der Waals surface area contributed by atoms with E-state index in [1.165, 1.54) is 12.3 Å². The van der Waals surface area contributed by atoms with E-state index in [1.807, 2.05) is 0 Å². The monoisotopic (exact) mass is 220 g/mol. The number of nitroso groups, excluding NO2 is 1. The summed E-state index contributed by atoms with van der Waals surface area (Å²) in [6.45, 7) is 0. The van der Waals surface area contributed by atoms with Gasteiger partial charge in [-0.25, -0.2) is 4.98 Å². The Balaban J connectivity index is 3.16. The summed E-state index contributed by atoms with van der Waals surface area (Å²) in [6, 6.07) is 1.50. The molecule has 0 aliphatic carbocycles.